The average Bonchev–Trinajstić information content (AvgIpc) is 1.77. The zero-order valence-corrected chi connectivity index (χ0v) is 7.62. The van der Waals surface area contributed by atoms with Gasteiger partial charge in [0.05, 0.1) is 0 Å². The minimum atomic E-state index is 0.325. The average molecular weight is 141 g/mol. The van der Waals surface area contributed by atoms with Gasteiger partial charge in [0.1, 0.15) is 0 Å². The first-order valence-electron chi connectivity index (χ1n) is 4.21. The quantitative estimate of drug-likeness (QED) is 0.545. The number of piperidine rings is 1. The van der Waals surface area contributed by atoms with Crippen molar-refractivity contribution in [3.05, 3.63) is 0 Å². The number of hydrogen-bond acceptors (Lipinski definition) is 1. The van der Waals surface area contributed by atoms with Gasteiger partial charge in [-0.15, -0.1) is 0 Å². The molecule has 0 unspecified atom stereocenters. The molecular weight excluding hydrogens is 122 g/mol. The Kier molecular flexibility index (Phi) is 1.80. The highest BCUT2D eigenvalue weighted by Gasteiger charge is 2.38. The molecule has 0 bridgehead atoms. The summed E-state index contributed by atoms with van der Waals surface area (Å²) >= 11 is 0. The normalized spacial score (nSPS) is 30.0. The molecule has 1 aliphatic rings. The molecular formula is C9H19N. The Hall–Kier alpha value is -0.0400. The van der Waals surface area contributed by atoms with Gasteiger partial charge in [-0.3, -0.25) is 0 Å². The molecule has 0 aromatic carbocycles. The van der Waals surface area contributed by atoms with Crippen LogP contribution in [0.3, 0.4) is 0 Å². The van der Waals surface area contributed by atoms with Crippen LogP contribution in [-0.4, -0.2) is 12.1 Å². The van der Waals surface area contributed by atoms with Crippen molar-refractivity contribution in [3.63, 3.8) is 0 Å². The maximum atomic E-state index is 3.55. The zero-order valence-electron chi connectivity index (χ0n) is 7.62. The van der Waals surface area contributed by atoms with E-state index in [4.69, 9.17) is 0 Å². The molecule has 0 aromatic heterocycles. The van der Waals surface area contributed by atoms with Crippen molar-refractivity contribution < 1.29 is 0 Å². The summed E-state index contributed by atoms with van der Waals surface area (Å²) in [4.78, 5) is 0. The van der Waals surface area contributed by atoms with Crippen LogP contribution in [0.4, 0.5) is 0 Å². The highest BCUT2D eigenvalue weighted by molar-refractivity contribution is 4.95. The van der Waals surface area contributed by atoms with Crippen LogP contribution in [0.5, 0.6) is 0 Å². The second-order valence-electron chi connectivity index (χ2n) is 4.54. The lowest BCUT2D eigenvalue weighted by Gasteiger charge is -2.46. The van der Waals surface area contributed by atoms with Gasteiger partial charge in [0, 0.05) is 5.54 Å². The monoisotopic (exact) mass is 141 g/mol. The van der Waals surface area contributed by atoms with E-state index < -0.39 is 0 Å². The van der Waals surface area contributed by atoms with Gasteiger partial charge in [-0.25, -0.2) is 0 Å². The van der Waals surface area contributed by atoms with Crippen molar-refractivity contribution in [2.24, 2.45) is 5.41 Å². The summed E-state index contributed by atoms with van der Waals surface area (Å²) in [7, 11) is 0. The minimum Gasteiger partial charge on any atom is -0.311 e. The molecule has 1 aliphatic heterocycles. The molecule has 0 saturated carbocycles. The summed E-state index contributed by atoms with van der Waals surface area (Å²) in [5.74, 6) is 0. The SMILES string of the molecule is CC1(C)CCCNC1(C)C. The third-order valence-electron chi connectivity index (χ3n) is 3.24. The Morgan fingerprint density at radius 3 is 2.00 bits per heavy atom. The Morgan fingerprint density at radius 1 is 1.10 bits per heavy atom. The van der Waals surface area contributed by atoms with Crippen LogP contribution in [0.2, 0.25) is 0 Å². The van der Waals surface area contributed by atoms with Crippen molar-refractivity contribution in [1.82, 2.24) is 5.32 Å². The first-order valence-corrected chi connectivity index (χ1v) is 4.21. The Bertz CT molecular complexity index is 109. The first kappa shape index (κ1) is 8.06. The molecule has 1 rings (SSSR count). The van der Waals surface area contributed by atoms with Crippen molar-refractivity contribution in [3.8, 4) is 0 Å². The highest BCUT2D eigenvalue weighted by atomic mass is 15.0. The summed E-state index contributed by atoms with van der Waals surface area (Å²) < 4.78 is 0. The topological polar surface area (TPSA) is 12.0 Å². The summed E-state index contributed by atoms with van der Waals surface area (Å²) in [6, 6.07) is 0. The van der Waals surface area contributed by atoms with Crippen LogP contribution in [-0.2, 0) is 0 Å². The summed E-state index contributed by atoms with van der Waals surface area (Å²) in [6.45, 7) is 10.5. The highest BCUT2D eigenvalue weighted by Crippen LogP contribution is 2.37. The van der Waals surface area contributed by atoms with Gasteiger partial charge in [0.25, 0.3) is 0 Å². The fraction of sp³-hybridized carbons (Fsp3) is 1.00. The molecule has 1 fully saturated rings. The van der Waals surface area contributed by atoms with E-state index >= 15 is 0 Å². The van der Waals surface area contributed by atoms with Gasteiger partial charge in [0.2, 0.25) is 0 Å². The summed E-state index contributed by atoms with van der Waals surface area (Å²) in [5.41, 5.74) is 0.788. The van der Waals surface area contributed by atoms with E-state index in [0.29, 0.717) is 11.0 Å². The van der Waals surface area contributed by atoms with Gasteiger partial charge in [-0.1, -0.05) is 13.8 Å². The molecule has 1 nitrogen and oxygen atoms in total. The molecule has 0 aliphatic carbocycles. The second kappa shape index (κ2) is 2.23. The van der Waals surface area contributed by atoms with Crippen LogP contribution < -0.4 is 5.32 Å². The number of nitrogens with one attached hydrogen (secondary N) is 1. The van der Waals surface area contributed by atoms with Crippen LogP contribution in [0, 0.1) is 5.41 Å². The Balaban J connectivity index is 2.70. The predicted molar refractivity (Wildman–Crippen MR) is 45.1 cm³/mol. The summed E-state index contributed by atoms with van der Waals surface area (Å²) in [6.07, 6.45) is 2.68. The van der Waals surface area contributed by atoms with E-state index in [-0.39, 0.29) is 0 Å². The maximum absolute atomic E-state index is 3.55. The van der Waals surface area contributed by atoms with Gasteiger partial charge >= 0.3 is 0 Å². The van der Waals surface area contributed by atoms with E-state index in [1.807, 2.05) is 0 Å². The smallest absolute Gasteiger partial charge is 0.0176 e. The fourth-order valence-electron chi connectivity index (χ4n) is 1.48. The molecule has 0 aromatic rings. The lowest BCUT2D eigenvalue weighted by Crippen LogP contribution is -2.54. The molecule has 1 saturated heterocycles. The number of rotatable bonds is 0. The van der Waals surface area contributed by atoms with E-state index in [9.17, 15) is 0 Å². The Labute approximate surface area is 64.2 Å². The minimum absolute atomic E-state index is 0.325. The lowest BCUT2D eigenvalue weighted by molar-refractivity contribution is 0.106. The van der Waals surface area contributed by atoms with E-state index in [1.165, 1.54) is 19.4 Å². The third-order valence-corrected chi connectivity index (χ3v) is 3.24. The maximum Gasteiger partial charge on any atom is 0.0176 e. The number of hydrogen-bond donors (Lipinski definition) is 1. The summed E-state index contributed by atoms with van der Waals surface area (Å²) in [5, 5.41) is 3.55. The predicted octanol–water partition coefficient (Wildman–Crippen LogP) is 2.17. The van der Waals surface area contributed by atoms with Crippen LogP contribution in [0.15, 0.2) is 0 Å². The van der Waals surface area contributed by atoms with Gasteiger partial charge in [-0.2, -0.15) is 0 Å². The van der Waals surface area contributed by atoms with E-state index in [2.05, 4.69) is 33.0 Å². The van der Waals surface area contributed by atoms with Crippen molar-refractivity contribution in [2.45, 2.75) is 46.1 Å². The standard InChI is InChI=1S/C9H19N/c1-8(2)6-5-7-10-9(8,3)4/h10H,5-7H2,1-4H3. The van der Waals surface area contributed by atoms with Gasteiger partial charge in [-0.05, 0) is 38.6 Å². The lowest BCUT2D eigenvalue weighted by atomic mass is 9.69. The van der Waals surface area contributed by atoms with Crippen LogP contribution in [0.25, 0.3) is 0 Å². The third kappa shape index (κ3) is 1.20. The Morgan fingerprint density at radius 2 is 1.70 bits per heavy atom. The largest absolute Gasteiger partial charge is 0.311 e. The molecule has 1 heteroatoms. The van der Waals surface area contributed by atoms with Crippen molar-refractivity contribution in [1.29, 1.82) is 0 Å². The molecule has 10 heavy (non-hydrogen) atoms. The van der Waals surface area contributed by atoms with E-state index in [0.717, 1.165) is 0 Å². The fourth-order valence-corrected chi connectivity index (χ4v) is 1.48. The van der Waals surface area contributed by atoms with Crippen molar-refractivity contribution in [2.75, 3.05) is 6.54 Å². The molecule has 1 N–H and O–H groups in total. The van der Waals surface area contributed by atoms with Gasteiger partial charge in [0.15, 0.2) is 0 Å². The van der Waals surface area contributed by atoms with Crippen LogP contribution >= 0.6 is 0 Å². The van der Waals surface area contributed by atoms with Gasteiger partial charge < -0.3 is 5.32 Å². The first-order chi connectivity index (χ1) is 4.46. The molecule has 60 valence electrons. The van der Waals surface area contributed by atoms with E-state index in [1.54, 1.807) is 0 Å². The molecule has 0 spiro atoms. The molecule has 0 amide bonds. The van der Waals surface area contributed by atoms with Crippen LogP contribution in [0.1, 0.15) is 40.5 Å². The molecule has 0 radical (unpaired) electrons. The second-order valence-corrected chi connectivity index (χ2v) is 4.54. The van der Waals surface area contributed by atoms with Crippen molar-refractivity contribution >= 4 is 0 Å². The molecule has 0 atom stereocenters. The molecule has 1 heterocycles. The zero-order chi connectivity index (χ0) is 7.83.